The van der Waals surface area contributed by atoms with Gasteiger partial charge in [-0.25, -0.2) is 0 Å². The zero-order valence-electron chi connectivity index (χ0n) is 12.4. The van der Waals surface area contributed by atoms with Crippen LogP contribution in [0, 0.1) is 0 Å². The summed E-state index contributed by atoms with van der Waals surface area (Å²) >= 11 is 11.6. The monoisotopic (exact) mass is 378 g/mol. The molecule has 0 aromatic heterocycles. The molecule has 1 aromatic rings. The van der Waals surface area contributed by atoms with Crippen LogP contribution in [0.3, 0.4) is 0 Å². The van der Waals surface area contributed by atoms with Crippen LogP contribution in [0.2, 0.25) is 5.02 Å². The van der Waals surface area contributed by atoms with Crippen LogP contribution >= 0.6 is 39.3 Å². The lowest BCUT2D eigenvalue weighted by Crippen LogP contribution is -2.32. The van der Waals surface area contributed by atoms with Gasteiger partial charge in [0.2, 0.25) is 0 Å². The first kappa shape index (κ1) is 18.3. The lowest BCUT2D eigenvalue weighted by Gasteiger charge is -2.26. The standard InChI is InChI=1S/C15H24BrClN2S/c1-11(7-9-20-3)19(2)8-6-15(18)13-5-4-12(16)10-14(13)17/h4-5,10-11,15H,6-9,18H2,1-3H3. The van der Waals surface area contributed by atoms with Crippen LogP contribution in [0.1, 0.15) is 31.4 Å². The van der Waals surface area contributed by atoms with E-state index in [1.807, 2.05) is 30.0 Å². The summed E-state index contributed by atoms with van der Waals surface area (Å²) in [6.07, 6.45) is 4.28. The molecule has 20 heavy (non-hydrogen) atoms. The maximum atomic E-state index is 6.26. The van der Waals surface area contributed by atoms with Gasteiger partial charge in [0.25, 0.3) is 0 Å². The molecule has 0 fully saturated rings. The molecule has 0 aliphatic heterocycles. The molecule has 0 saturated heterocycles. The first-order valence-corrected chi connectivity index (χ1v) is 9.42. The zero-order valence-corrected chi connectivity index (χ0v) is 15.6. The summed E-state index contributed by atoms with van der Waals surface area (Å²) in [6.45, 7) is 3.26. The maximum absolute atomic E-state index is 6.26. The van der Waals surface area contributed by atoms with E-state index in [0.29, 0.717) is 6.04 Å². The second kappa shape index (κ2) is 9.31. The predicted molar refractivity (Wildman–Crippen MR) is 95.8 cm³/mol. The fraction of sp³-hybridized carbons (Fsp3) is 0.600. The van der Waals surface area contributed by atoms with Crippen LogP contribution in [0.4, 0.5) is 0 Å². The van der Waals surface area contributed by atoms with Crippen LogP contribution in [0.5, 0.6) is 0 Å². The summed E-state index contributed by atoms with van der Waals surface area (Å²) in [7, 11) is 2.17. The normalized spacial score (nSPS) is 14.6. The highest BCUT2D eigenvalue weighted by Crippen LogP contribution is 2.27. The molecule has 0 bridgehead atoms. The minimum Gasteiger partial charge on any atom is -0.324 e. The number of hydrogen-bond acceptors (Lipinski definition) is 3. The predicted octanol–water partition coefficient (Wildman–Crippen LogP) is 4.57. The molecular formula is C15H24BrClN2S. The van der Waals surface area contributed by atoms with E-state index in [1.54, 1.807) is 0 Å². The summed E-state index contributed by atoms with van der Waals surface area (Å²) < 4.78 is 0.987. The van der Waals surface area contributed by atoms with Crippen LogP contribution < -0.4 is 5.73 Å². The van der Waals surface area contributed by atoms with E-state index in [2.05, 4.69) is 41.1 Å². The van der Waals surface area contributed by atoms with Crippen molar-refractivity contribution in [3.8, 4) is 0 Å². The summed E-state index contributed by atoms with van der Waals surface area (Å²) in [4.78, 5) is 2.38. The number of benzene rings is 1. The van der Waals surface area contributed by atoms with Gasteiger partial charge in [0.1, 0.15) is 0 Å². The third kappa shape index (κ3) is 5.94. The van der Waals surface area contributed by atoms with Gasteiger partial charge in [-0.2, -0.15) is 11.8 Å². The molecule has 0 spiro atoms. The molecule has 1 rings (SSSR count). The number of rotatable bonds is 8. The average Bonchev–Trinajstić information content (AvgIpc) is 2.41. The summed E-state index contributed by atoms with van der Waals surface area (Å²) in [5, 5.41) is 0.741. The van der Waals surface area contributed by atoms with Crippen LogP contribution in [0.15, 0.2) is 22.7 Å². The van der Waals surface area contributed by atoms with Gasteiger partial charge in [-0.05, 0) is 63.1 Å². The van der Waals surface area contributed by atoms with Crippen molar-refractivity contribution in [1.29, 1.82) is 0 Å². The van der Waals surface area contributed by atoms with E-state index in [0.717, 1.165) is 28.0 Å². The van der Waals surface area contributed by atoms with Crippen molar-refractivity contribution in [2.24, 2.45) is 5.73 Å². The molecular weight excluding hydrogens is 356 g/mol. The Balaban J connectivity index is 2.48. The van der Waals surface area contributed by atoms with Gasteiger partial charge in [0.05, 0.1) is 0 Å². The summed E-state index contributed by atoms with van der Waals surface area (Å²) in [6, 6.07) is 6.49. The van der Waals surface area contributed by atoms with E-state index in [-0.39, 0.29) is 6.04 Å². The Labute approximate surface area is 140 Å². The van der Waals surface area contributed by atoms with Crippen molar-refractivity contribution < 1.29 is 0 Å². The molecule has 2 nitrogen and oxygen atoms in total. The van der Waals surface area contributed by atoms with Gasteiger partial charge in [0, 0.05) is 21.6 Å². The van der Waals surface area contributed by atoms with Crippen molar-refractivity contribution in [2.75, 3.05) is 25.6 Å². The quantitative estimate of drug-likeness (QED) is 0.717. The van der Waals surface area contributed by atoms with Crippen LogP contribution in [0.25, 0.3) is 0 Å². The fourth-order valence-electron chi connectivity index (χ4n) is 2.03. The van der Waals surface area contributed by atoms with E-state index < -0.39 is 0 Å². The lowest BCUT2D eigenvalue weighted by atomic mass is 10.0. The Morgan fingerprint density at radius 3 is 2.70 bits per heavy atom. The maximum Gasteiger partial charge on any atom is 0.0464 e. The first-order valence-electron chi connectivity index (χ1n) is 6.85. The Morgan fingerprint density at radius 1 is 1.40 bits per heavy atom. The molecule has 0 aliphatic carbocycles. The molecule has 0 aliphatic rings. The van der Waals surface area contributed by atoms with Crippen molar-refractivity contribution in [3.05, 3.63) is 33.3 Å². The van der Waals surface area contributed by atoms with Gasteiger partial charge in [-0.1, -0.05) is 33.6 Å². The number of halogens is 2. The Kier molecular flexibility index (Phi) is 8.53. The van der Waals surface area contributed by atoms with Crippen LogP contribution in [-0.4, -0.2) is 36.5 Å². The Bertz CT molecular complexity index is 417. The van der Waals surface area contributed by atoms with Gasteiger partial charge in [-0.15, -0.1) is 0 Å². The van der Waals surface area contributed by atoms with E-state index in [4.69, 9.17) is 17.3 Å². The highest BCUT2D eigenvalue weighted by Gasteiger charge is 2.14. The number of nitrogens with zero attached hydrogens (tertiary/aromatic N) is 1. The molecule has 0 saturated carbocycles. The first-order chi connectivity index (χ1) is 9.45. The van der Waals surface area contributed by atoms with Crippen molar-refractivity contribution in [2.45, 2.75) is 31.8 Å². The second-order valence-corrected chi connectivity index (χ2v) is 7.48. The summed E-state index contributed by atoms with van der Waals surface area (Å²) in [5.74, 6) is 1.20. The van der Waals surface area contributed by atoms with Crippen molar-refractivity contribution in [1.82, 2.24) is 4.90 Å². The highest BCUT2D eigenvalue weighted by molar-refractivity contribution is 9.10. The topological polar surface area (TPSA) is 29.3 Å². The molecule has 1 aromatic carbocycles. The van der Waals surface area contributed by atoms with Crippen molar-refractivity contribution in [3.63, 3.8) is 0 Å². The smallest absolute Gasteiger partial charge is 0.0464 e. The van der Waals surface area contributed by atoms with Crippen molar-refractivity contribution >= 4 is 39.3 Å². The highest BCUT2D eigenvalue weighted by atomic mass is 79.9. The average molecular weight is 380 g/mol. The molecule has 114 valence electrons. The minimum atomic E-state index is -0.00852. The van der Waals surface area contributed by atoms with Gasteiger partial charge in [0.15, 0.2) is 0 Å². The SMILES string of the molecule is CSCCC(C)N(C)CCC(N)c1ccc(Br)cc1Cl. The third-order valence-corrected chi connectivity index (χ3v) is 5.11. The second-order valence-electron chi connectivity index (χ2n) is 5.17. The van der Waals surface area contributed by atoms with Gasteiger partial charge >= 0.3 is 0 Å². The molecule has 2 atom stereocenters. The Morgan fingerprint density at radius 2 is 2.10 bits per heavy atom. The molecule has 0 radical (unpaired) electrons. The number of nitrogens with two attached hydrogens (primary N) is 1. The van der Waals surface area contributed by atoms with Crippen LogP contribution in [-0.2, 0) is 0 Å². The molecule has 0 amide bonds. The fourth-order valence-corrected chi connectivity index (χ4v) is 3.42. The number of thioether (sulfide) groups is 1. The van der Waals surface area contributed by atoms with Gasteiger partial charge in [-0.3, -0.25) is 0 Å². The molecule has 2 N–H and O–H groups in total. The zero-order chi connectivity index (χ0) is 15.1. The van der Waals surface area contributed by atoms with E-state index in [1.165, 1.54) is 12.2 Å². The largest absolute Gasteiger partial charge is 0.324 e. The minimum absolute atomic E-state index is 0.00852. The van der Waals surface area contributed by atoms with E-state index >= 15 is 0 Å². The third-order valence-electron chi connectivity index (χ3n) is 3.65. The Hall–Kier alpha value is 0.260. The summed E-state index contributed by atoms with van der Waals surface area (Å²) in [5.41, 5.74) is 7.29. The molecule has 0 heterocycles. The lowest BCUT2D eigenvalue weighted by molar-refractivity contribution is 0.244. The number of hydrogen-bond donors (Lipinski definition) is 1. The van der Waals surface area contributed by atoms with E-state index in [9.17, 15) is 0 Å². The van der Waals surface area contributed by atoms with Gasteiger partial charge < -0.3 is 10.6 Å². The molecule has 5 heteroatoms. The molecule has 2 unspecified atom stereocenters.